The van der Waals surface area contributed by atoms with Gasteiger partial charge in [0.25, 0.3) is 5.91 Å². The molecule has 0 saturated carbocycles. The Bertz CT molecular complexity index is 735. The van der Waals surface area contributed by atoms with Crippen LogP contribution < -0.4 is 10.7 Å². The van der Waals surface area contributed by atoms with Gasteiger partial charge in [0.2, 0.25) is 5.91 Å². The third-order valence-electron chi connectivity index (χ3n) is 3.08. The van der Waals surface area contributed by atoms with Crippen molar-refractivity contribution in [3.05, 3.63) is 59.7 Å². The molecule has 23 heavy (non-hydrogen) atoms. The van der Waals surface area contributed by atoms with Crippen molar-refractivity contribution in [3.63, 3.8) is 0 Å². The molecule has 0 atom stereocenters. The van der Waals surface area contributed by atoms with Gasteiger partial charge < -0.3 is 10.4 Å². The predicted octanol–water partition coefficient (Wildman–Crippen LogP) is 2.50. The molecule has 0 aromatic heterocycles. The fourth-order valence-corrected chi connectivity index (χ4v) is 1.87. The second-order valence-corrected chi connectivity index (χ2v) is 4.94. The molecule has 2 aromatic carbocycles. The van der Waals surface area contributed by atoms with Crippen LogP contribution in [0.1, 0.15) is 29.8 Å². The molecule has 2 aromatic rings. The van der Waals surface area contributed by atoms with Gasteiger partial charge in [0.05, 0.1) is 5.71 Å². The molecular formula is C17H17N3O3. The summed E-state index contributed by atoms with van der Waals surface area (Å²) in [6.07, 6.45) is 0. The number of aromatic hydroxyl groups is 1. The number of hydrazone groups is 1. The van der Waals surface area contributed by atoms with Crippen LogP contribution in [0.25, 0.3) is 0 Å². The van der Waals surface area contributed by atoms with Crippen molar-refractivity contribution in [3.8, 4) is 5.75 Å². The molecule has 0 aliphatic carbocycles. The third kappa shape index (κ3) is 4.67. The maximum absolute atomic E-state index is 12.0. The van der Waals surface area contributed by atoms with E-state index in [2.05, 4.69) is 15.8 Å². The number of nitrogens with zero attached hydrogens (tertiary/aromatic N) is 1. The summed E-state index contributed by atoms with van der Waals surface area (Å²) in [5.41, 5.74) is 4.94. The Hall–Kier alpha value is -3.15. The Labute approximate surface area is 133 Å². The molecule has 2 rings (SSSR count). The Morgan fingerprint density at radius 3 is 2.04 bits per heavy atom. The summed E-state index contributed by atoms with van der Waals surface area (Å²) >= 11 is 0. The Morgan fingerprint density at radius 1 is 0.913 bits per heavy atom. The minimum atomic E-state index is -0.350. The van der Waals surface area contributed by atoms with Crippen molar-refractivity contribution in [1.82, 2.24) is 5.43 Å². The van der Waals surface area contributed by atoms with Gasteiger partial charge in [-0.05, 0) is 61.0 Å². The standard InChI is InChI=1S/C17H17N3O3/c1-11(13-5-9-16(22)10-6-13)19-20-17(23)14-3-7-15(8-4-14)18-12(2)21/h3-10,22H,1-2H3,(H,18,21)(H,20,23)/b19-11-. The highest BCUT2D eigenvalue weighted by Crippen LogP contribution is 2.11. The van der Waals surface area contributed by atoms with Crippen molar-refractivity contribution in [1.29, 1.82) is 0 Å². The average molecular weight is 311 g/mol. The minimum Gasteiger partial charge on any atom is -0.508 e. The number of anilines is 1. The fraction of sp³-hybridized carbons (Fsp3) is 0.118. The van der Waals surface area contributed by atoms with Gasteiger partial charge in [-0.15, -0.1) is 0 Å². The fourth-order valence-electron chi connectivity index (χ4n) is 1.87. The van der Waals surface area contributed by atoms with E-state index < -0.39 is 0 Å². The quantitative estimate of drug-likeness (QED) is 0.598. The largest absolute Gasteiger partial charge is 0.508 e. The highest BCUT2D eigenvalue weighted by molar-refractivity contribution is 6.01. The monoisotopic (exact) mass is 311 g/mol. The van der Waals surface area contributed by atoms with Crippen LogP contribution in [0, 0.1) is 0 Å². The van der Waals surface area contributed by atoms with E-state index in [9.17, 15) is 14.7 Å². The summed E-state index contributed by atoms with van der Waals surface area (Å²) in [6, 6.07) is 13.0. The number of phenols is 1. The molecule has 0 radical (unpaired) electrons. The van der Waals surface area contributed by atoms with Gasteiger partial charge in [0.15, 0.2) is 0 Å². The number of nitrogens with one attached hydrogen (secondary N) is 2. The lowest BCUT2D eigenvalue weighted by molar-refractivity contribution is -0.114. The van der Waals surface area contributed by atoms with Crippen molar-refractivity contribution >= 4 is 23.2 Å². The maximum atomic E-state index is 12.0. The lowest BCUT2D eigenvalue weighted by Gasteiger charge is -2.05. The molecule has 6 nitrogen and oxygen atoms in total. The Balaban J connectivity index is 2.02. The van der Waals surface area contributed by atoms with E-state index in [0.717, 1.165) is 5.56 Å². The topological polar surface area (TPSA) is 90.8 Å². The molecule has 0 aliphatic rings. The maximum Gasteiger partial charge on any atom is 0.271 e. The highest BCUT2D eigenvalue weighted by Gasteiger charge is 2.05. The van der Waals surface area contributed by atoms with E-state index in [1.54, 1.807) is 55.5 Å². The lowest BCUT2D eigenvalue weighted by atomic mass is 10.1. The summed E-state index contributed by atoms with van der Waals surface area (Å²) in [5, 5.41) is 15.9. The van der Waals surface area contributed by atoms with E-state index in [4.69, 9.17) is 0 Å². The molecule has 0 aliphatic heterocycles. The molecule has 0 unspecified atom stereocenters. The summed E-state index contributed by atoms with van der Waals surface area (Å²) in [5.74, 6) is -0.348. The molecule has 0 spiro atoms. The van der Waals surface area contributed by atoms with Crippen LogP contribution in [0.15, 0.2) is 53.6 Å². The molecule has 0 bridgehead atoms. The minimum absolute atomic E-state index is 0.170. The number of benzene rings is 2. The Kier molecular flexibility index (Phi) is 5.09. The first-order chi connectivity index (χ1) is 11.0. The first-order valence-corrected chi connectivity index (χ1v) is 6.97. The molecule has 0 heterocycles. The van der Waals surface area contributed by atoms with Gasteiger partial charge in [0, 0.05) is 18.2 Å². The number of carbonyl (C=O) groups is 2. The average Bonchev–Trinajstić information content (AvgIpc) is 2.53. The van der Waals surface area contributed by atoms with Crippen LogP contribution in [0.4, 0.5) is 5.69 Å². The lowest BCUT2D eigenvalue weighted by Crippen LogP contribution is -2.19. The zero-order valence-electron chi connectivity index (χ0n) is 12.8. The zero-order chi connectivity index (χ0) is 16.8. The molecule has 0 saturated heterocycles. The first-order valence-electron chi connectivity index (χ1n) is 6.97. The molecular weight excluding hydrogens is 294 g/mol. The second-order valence-electron chi connectivity index (χ2n) is 4.94. The number of phenolic OH excluding ortho intramolecular Hbond substituents is 1. The van der Waals surface area contributed by atoms with Gasteiger partial charge in [-0.1, -0.05) is 0 Å². The van der Waals surface area contributed by atoms with Crippen LogP contribution >= 0.6 is 0 Å². The van der Waals surface area contributed by atoms with E-state index in [0.29, 0.717) is 17.0 Å². The van der Waals surface area contributed by atoms with Crippen LogP contribution in [0.3, 0.4) is 0 Å². The molecule has 3 N–H and O–H groups in total. The number of carbonyl (C=O) groups excluding carboxylic acids is 2. The summed E-state index contributed by atoms with van der Waals surface area (Å²) in [7, 11) is 0. The van der Waals surface area contributed by atoms with Gasteiger partial charge in [-0.2, -0.15) is 5.10 Å². The molecule has 2 amide bonds. The van der Waals surface area contributed by atoms with E-state index in [-0.39, 0.29) is 17.6 Å². The van der Waals surface area contributed by atoms with Crippen molar-refractivity contribution in [2.75, 3.05) is 5.32 Å². The molecule has 0 fully saturated rings. The van der Waals surface area contributed by atoms with E-state index in [1.165, 1.54) is 6.92 Å². The zero-order valence-corrected chi connectivity index (χ0v) is 12.8. The Morgan fingerprint density at radius 2 is 1.48 bits per heavy atom. The molecule has 6 heteroatoms. The van der Waals surface area contributed by atoms with E-state index >= 15 is 0 Å². The van der Waals surface area contributed by atoms with E-state index in [1.807, 2.05) is 0 Å². The van der Waals surface area contributed by atoms with Crippen molar-refractivity contribution < 1.29 is 14.7 Å². The second kappa shape index (κ2) is 7.22. The van der Waals surface area contributed by atoms with Crippen LogP contribution in [-0.2, 0) is 4.79 Å². The number of hydrogen-bond acceptors (Lipinski definition) is 4. The van der Waals surface area contributed by atoms with Gasteiger partial charge in [0.1, 0.15) is 5.75 Å². The predicted molar refractivity (Wildman–Crippen MR) is 88.5 cm³/mol. The number of rotatable bonds is 4. The van der Waals surface area contributed by atoms with Crippen LogP contribution in [0.5, 0.6) is 5.75 Å². The van der Waals surface area contributed by atoms with Crippen molar-refractivity contribution in [2.24, 2.45) is 5.10 Å². The van der Waals surface area contributed by atoms with Crippen LogP contribution in [0.2, 0.25) is 0 Å². The van der Waals surface area contributed by atoms with Crippen molar-refractivity contribution in [2.45, 2.75) is 13.8 Å². The highest BCUT2D eigenvalue weighted by atomic mass is 16.3. The van der Waals surface area contributed by atoms with Gasteiger partial charge >= 0.3 is 0 Å². The number of amides is 2. The smallest absolute Gasteiger partial charge is 0.271 e. The normalized spacial score (nSPS) is 11.0. The summed E-state index contributed by atoms with van der Waals surface area (Å²) < 4.78 is 0. The SMILES string of the molecule is CC(=O)Nc1ccc(C(=O)N/N=C(/C)c2ccc(O)cc2)cc1. The summed E-state index contributed by atoms with van der Waals surface area (Å²) in [6.45, 7) is 3.17. The molecule has 118 valence electrons. The number of hydrogen-bond donors (Lipinski definition) is 3. The van der Waals surface area contributed by atoms with Crippen LogP contribution in [-0.4, -0.2) is 22.6 Å². The first kappa shape index (κ1) is 16.2. The summed E-state index contributed by atoms with van der Waals surface area (Å²) in [4.78, 5) is 23.0. The third-order valence-corrected chi connectivity index (χ3v) is 3.08. The van der Waals surface area contributed by atoms with Gasteiger partial charge in [-0.25, -0.2) is 5.43 Å². The van der Waals surface area contributed by atoms with Gasteiger partial charge in [-0.3, -0.25) is 9.59 Å².